The molecule has 0 heterocycles. The van der Waals surface area contributed by atoms with Crippen LogP contribution < -0.4 is 9.47 Å². The smallest absolute Gasteiger partial charge is 0.119 e. The van der Waals surface area contributed by atoms with Crippen LogP contribution in [-0.2, 0) is 0 Å². The predicted octanol–water partition coefficient (Wildman–Crippen LogP) is 5.40. The topological polar surface area (TPSA) is 21.7 Å². The second-order valence-electron chi connectivity index (χ2n) is 6.00. The lowest BCUT2D eigenvalue weighted by Crippen LogP contribution is -2.27. The number of halogens is 1. The Labute approximate surface area is 164 Å². The SMILES string of the molecule is CCN(CC)CCOc1ccc(/C=C(\C)c2ccc(OC)cc2)cc1.Cl. The molecule has 0 aliphatic carbocycles. The highest BCUT2D eigenvalue weighted by atomic mass is 35.5. The van der Waals surface area contributed by atoms with E-state index in [1.54, 1.807) is 7.11 Å². The van der Waals surface area contributed by atoms with Crippen molar-refractivity contribution in [3.8, 4) is 11.5 Å². The molecule has 2 rings (SSSR count). The quantitative estimate of drug-likeness (QED) is 0.548. The Morgan fingerprint density at radius 2 is 1.50 bits per heavy atom. The molecule has 3 nitrogen and oxygen atoms in total. The van der Waals surface area contributed by atoms with Crippen LogP contribution in [-0.4, -0.2) is 38.3 Å². The minimum Gasteiger partial charge on any atom is -0.497 e. The van der Waals surface area contributed by atoms with Crippen molar-refractivity contribution in [1.29, 1.82) is 0 Å². The zero-order valence-electron chi connectivity index (χ0n) is 16.2. The molecule has 0 unspecified atom stereocenters. The Morgan fingerprint density at radius 3 is 2.04 bits per heavy atom. The lowest BCUT2D eigenvalue weighted by Gasteiger charge is -2.18. The lowest BCUT2D eigenvalue weighted by molar-refractivity contribution is 0.223. The molecule has 0 saturated carbocycles. The second kappa shape index (κ2) is 11.6. The number of allylic oxidation sites excluding steroid dienone is 1. The fourth-order valence-corrected chi connectivity index (χ4v) is 2.68. The van der Waals surface area contributed by atoms with Crippen molar-refractivity contribution in [3.63, 3.8) is 0 Å². The molecular formula is C22H30ClNO2. The van der Waals surface area contributed by atoms with Crippen molar-refractivity contribution in [3.05, 3.63) is 59.7 Å². The highest BCUT2D eigenvalue weighted by molar-refractivity contribution is 5.85. The zero-order chi connectivity index (χ0) is 18.1. The van der Waals surface area contributed by atoms with Gasteiger partial charge in [0, 0.05) is 6.54 Å². The first-order valence-electron chi connectivity index (χ1n) is 8.94. The first-order valence-corrected chi connectivity index (χ1v) is 8.94. The van der Waals surface area contributed by atoms with E-state index in [4.69, 9.17) is 9.47 Å². The summed E-state index contributed by atoms with van der Waals surface area (Å²) in [6.07, 6.45) is 2.18. The Hall–Kier alpha value is -1.97. The summed E-state index contributed by atoms with van der Waals surface area (Å²) in [4.78, 5) is 2.36. The standard InChI is InChI=1S/C22H29NO2.ClH/c1-5-23(6-2)15-16-25-22-11-7-19(8-12-22)17-18(3)20-9-13-21(24-4)14-10-20;/h7-14,17H,5-6,15-16H2,1-4H3;1H/b18-17+;. The van der Waals surface area contributed by atoms with E-state index in [2.05, 4.69) is 56.0 Å². The highest BCUT2D eigenvalue weighted by Gasteiger charge is 2.01. The minimum absolute atomic E-state index is 0. The third kappa shape index (κ3) is 6.74. The molecule has 0 aliphatic rings. The van der Waals surface area contributed by atoms with Gasteiger partial charge in [-0.25, -0.2) is 0 Å². The Morgan fingerprint density at radius 1 is 0.923 bits per heavy atom. The zero-order valence-corrected chi connectivity index (χ0v) is 17.0. The average molecular weight is 376 g/mol. The number of benzene rings is 2. The molecule has 2 aromatic carbocycles. The Kier molecular flexibility index (Phi) is 9.85. The maximum atomic E-state index is 5.83. The minimum atomic E-state index is 0. The number of methoxy groups -OCH3 is 1. The second-order valence-corrected chi connectivity index (χ2v) is 6.00. The van der Waals surface area contributed by atoms with Crippen LogP contribution in [0.15, 0.2) is 48.5 Å². The van der Waals surface area contributed by atoms with E-state index in [0.29, 0.717) is 0 Å². The van der Waals surface area contributed by atoms with Gasteiger partial charge in [0.25, 0.3) is 0 Å². The van der Waals surface area contributed by atoms with Crippen LogP contribution >= 0.6 is 12.4 Å². The summed E-state index contributed by atoms with van der Waals surface area (Å²) in [6.45, 7) is 10.3. The number of ether oxygens (including phenoxy) is 2. The molecular weight excluding hydrogens is 346 g/mol. The van der Waals surface area contributed by atoms with Crippen molar-refractivity contribution >= 4 is 24.1 Å². The van der Waals surface area contributed by atoms with Gasteiger partial charge in [-0.3, -0.25) is 0 Å². The molecule has 0 bridgehead atoms. The van der Waals surface area contributed by atoms with Gasteiger partial charge in [-0.2, -0.15) is 0 Å². The van der Waals surface area contributed by atoms with Crippen molar-refractivity contribution < 1.29 is 9.47 Å². The van der Waals surface area contributed by atoms with Gasteiger partial charge >= 0.3 is 0 Å². The van der Waals surface area contributed by atoms with Gasteiger partial charge in [-0.15, -0.1) is 12.4 Å². The third-order valence-electron chi connectivity index (χ3n) is 4.38. The van der Waals surface area contributed by atoms with Gasteiger partial charge in [0.05, 0.1) is 7.11 Å². The number of nitrogens with zero attached hydrogens (tertiary/aromatic N) is 1. The predicted molar refractivity (Wildman–Crippen MR) is 114 cm³/mol. The van der Waals surface area contributed by atoms with E-state index in [1.165, 1.54) is 16.7 Å². The van der Waals surface area contributed by atoms with E-state index in [1.807, 2.05) is 24.3 Å². The first kappa shape index (κ1) is 22.1. The molecule has 0 spiro atoms. The fourth-order valence-electron chi connectivity index (χ4n) is 2.68. The molecule has 0 aromatic heterocycles. The van der Waals surface area contributed by atoms with Crippen LogP contribution in [0.25, 0.3) is 11.6 Å². The number of rotatable bonds is 9. The first-order chi connectivity index (χ1) is 12.2. The molecule has 0 atom stereocenters. The molecule has 0 N–H and O–H groups in total. The Bertz CT molecular complexity index is 662. The maximum Gasteiger partial charge on any atom is 0.119 e. The average Bonchev–Trinajstić information content (AvgIpc) is 2.66. The summed E-state index contributed by atoms with van der Waals surface area (Å²) in [5, 5.41) is 0. The van der Waals surface area contributed by atoms with Gasteiger partial charge in [0.1, 0.15) is 18.1 Å². The summed E-state index contributed by atoms with van der Waals surface area (Å²) in [6, 6.07) is 16.4. The number of hydrogen-bond acceptors (Lipinski definition) is 3. The van der Waals surface area contributed by atoms with Gasteiger partial charge < -0.3 is 14.4 Å². The van der Waals surface area contributed by atoms with Gasteiger partial charge in [0.2, 0.25) is 0 Å². The van der Waals surface area contributed by atoms with E-state index in [0.717, 1.165) is 37.7 Å². The summed E-state index contributed by atoms with van der Waals surface area (Å²) in [7, 11) is 1.68. The third-order valence-corrected chi connectivity index (χ3v) is 4.38. The van der Waals surface area contributed by atoms with Crippen LogP contribution in [0.5, 0.6) is 11.5 Å². The van der Waals surface area contributed by atoms with Gasteiger partial charge in [0.15, 0.2) is 0 Å². The van der Waals surface area contributed by atoms with Crippen LogP contribution in [0.4, 0.5) is 0 Å². The van der Waals surface area contributed by atoms with Gasteiger partial charge in [-0.05, 0) is 61.0 Å². The monoisotopic (exact) mass is 375 g/mol. The fraction of sp³-hybridized carbons (Fsp3) is 0.364. The summed E-state index contributed by atoms with van der Waals surface area (Å²) >= 11 is 0. The molecule has 0 aliphatic heterocycles. The summed E-state index contributed by atoms with van der Waals surface area (Å²) in [5.74, 6) is 1.80. The number of hydrogen-bond donors (Lipinski definition) is 0. The molecule has 2 aromatic rings. The largest absolute Gasteiger partial charge is 0.497 e. The van der Waals surface area contributed by atoms with E-state index < -0.39 is 0 Å². The van der Waals surface area contributed by atoms with Crippen molar-refractivity contribution in [2.45, 2.75) is 20.8 Å². The molecule has 142 valence electrons. The molecule has 26 heavy (non-hydrogen) atoms. The van der Waals surface area contributed by atoms with Crippen molar-refractivity contribution in [2.75, 3.05) is 33.4 Å². The van der Waals surface area contributed by atoms with Crippen LogP contribution in [0.3, 0.4) is 0 Å². The Balaban J connectivity index is 0.00000338. The maximum absolute atomic E-state index is 5.83. The molecule has 4 heteroatoms. The van der Waals surface area contributed by atoms with E-state index >= 15 is 0 Å². The summed E-state index contributed by atoms with van der Waals surface area (Å²) in [5.41, 5.74) is 3.59. The lowest BCUT2D eigenvalue weighted by atomic mass is 10.0. The molecule has 0 amide bonds. The number of likely N-dealkylation sites (N-methyl/N-ethyl adjacent to an activating group) is 1. The van der Waals surface area contributed by atoms with Crippen molar-refractivity contribution in [1.82, 2.24) is 4.90 Å². The van der Waals surface area contributed by atoms with E-state index in [9.17, 15) is 0 Å². The van der Waals surface area contributed by atoms with E-state index in [-0.39, 0.29) is 12.4 Å². The molecule has 0 radical (unpaired) electrons. The van der Waals surface area contributed by atoms with Crippen LogP contribution in [0.1, 0.15) is 31.9 Å². The highest BCUT2D eigenvalue weighted by Crippen LogP contribution is 2.21. The summed E-state index contributed by atoms with van der Waals surface area (Å²) < 4.78 is 11.0. The van der Waals surface area contributed by atoms with Gasteiger partial charge in [-0.1, -0.05) is 44.2 Å². The molecule has 0 saturated heterocycles. The molecule has 0 fully saturated rings. The van der Waals surface area contributed by atoms with Crippen molar-refractivity contribution in [2.24, 2.45) is 0 Å². The van der Waals surface area contributed by atoms with Crippen LogP contribution in [0, 0.1) is 0 Å². The normalized spacial score (nSPS) is 11.2. The van der Waals surface area contributed by atoms with Crippen LogP contribution in [0.2, 0.25) is 0 Å².